The first-order valence-electron chi connectivity index (χ1n) is 8.02. The van der Waals surface area contributed by atoms with Gasteiger partial charge >= 0.3 is 17.5 Å². The van der Waals surface area contributed by atoms with Gasteiger partial charge in [0, 0.05) is 6.61 Å². The second kappa shape index (κ2) is 12.0. The lowest BCUT2D eigenvalue weighted by Crippen LogP contribution is -3.00. The Labute approximate surface area is 157 Å². The van der Waals surface area contributed by atoms with Gasteiger partial charge in [0.15, 0.2) is 0 Å². The van der Waals surface area contributed by atoms with E-state index in [1.807, 2.05) is 21.1 Å². The summed E-state index contributed by atoms with van der Waals surface area (Å²) in [5.41, 5.74) is -1.70. The average Bonchev–Trinajstić information content (AvgIpc) is 2.41. The Kier molecular flexibility index (Phi) is 13.0. The van der Waals surface area contributed by atoms with Crippen molar-refractivity contribution in [2.75, 3.05) is 47.5 Å². The summed E-state index contributed by atoms with van der Waals surface area (Å²) in [4.78, 5) is 24.9. The first-order chi connectivity index (χ1) is 10.2. The highest BCUT2D eigenvalue weighted by Gasteiger charge is 2.54. The first kappa shape index (κ1) is 24.8. The molecule has 0 aromatic rings. The van der Waals surface area contributed by atoms with Gasteiger partial charge < -0.3 is 42.7 Å². The van der Waals surface area contributed by atoms with Crippen LogP contribution >= 0.6 is 0 Å². The number of rotatable bonds is 11. The minimum Gasteiger partial charge on any atom is -1.00 e. The van der Waals surface area contributed by atoms with Crippen molar-refractivity contribution < 1.29 is 52.3 Å². The number of ether oxygens (including phenoxy) is 3. The SMILES string of the molecule is CCCCCOC(C[N+](C)(C)C)(C(=O)OCC)C(=O)OCC.[I-]. The smallest absolute Gasteiger partial charge is 0.356 e. The van der Waals surface area contributed by atoms with Gasteiger partial charge in [0.25, 0.3) is 0 Å². The molecule has 0 saturated carbocycles. The quantitative estimate of drug-likeness (QED) is 0.131. The molecule has 138 valence electrons. The number of quaternary nitrogens is 1. The Hall–Kier alpha value is -0.410. The van der Waals surface area contributed by atoms with Crippen LogP contribution in [-0.4, -0.2) is 69.5 Å². The van der Waals surface area contributed by atoms with E-state index >= 15 is 0 Å². The number of carbonyl (C=O) groups excluding carboxylic acids is 2. The molecule has 0 atom stereocenters. The van der Waals surface area contributed by atoms with Crippen LogP contribution in [0.3, 0.4) is 0 Å². The van der Waals surface area contributed by atoms with E-state index in [1.54, 1.807) is 13.8 Å². The molecule has 0 rings (SSSR count). The monoisotopic (exact) mass is 445 g/mol. The van der Waals surface area contributed by atoms with Gasteiger partial charge in [0.05, 0.1) is 34.4 Å². The molecular formula is C16H32INO5. The standard InChI is InChI=1S/C16H32NO5.HI/c1-7-10-11-12-22-16(13-17(4,5)6,14(18)20-8-2)15(19)21-9-3;/h7-13H2,1-6H3;1H/q+1;/p-1. The molecule has 0 aliphatic carbocycles. The molecule has 0 aliphatic rings. The maximum atomic E-state index is 12.5. The zero-order chi connectivity index (χ0) is 17.2. The molecular weight excluding hydrogens is 413 g/mol. The Morgan fingerprint density at radius 2 is 1.39 bits per heavy atom. The number of nitrogens with zero attached hydrogens (tertiary/aromatic N) is 1. The van der Waals surface area contributed by atoms with E-state index in [4.69, 9.17) is 14.2 Å². The van der Waals surface area contributed by atoms with Crippen LogP contribution in [0.2, 0.25) is 0 Å². The molecule has 0 fully saturated rings. The molecule has 0 heterocycles. The third kappa shape index (κ3) is 8.85. The third-order valence-electron chi connectivity index (χ3n) is 3.00. The molecule has 6 nitrogen and oxygen atoms in total. The largest absolute Gasteiger partial charge is 1.00 e. The van der Waals surface area contributed by atoms with E-state index in [-0.39, 0.29) is 43.7 Å². The van der Waals surface area contributed by atoms with Crippen LogP contribution in [0, 0.1) is 0 Å². The highest BCUT2D eigenvalue weighted by atomic mass is 127. The Balaban J connectivity index is 0. The van der Waals surface area contributed by atoms with Crippen LogP contribution in [0.1, 0.15) is 40.0 Å². The molecule has 7 heteroatoms. The van der Waals surface area contributed by atoms with Gasteiger partial charge in [-0.25, -0.2) is 9.59 Å². The van der Waals surface area contributed by atoms with Crippen LogP contribution in [0.5, 0.6) is 0 Å². The van der Waals surface area contributed by atoms with Gasteiger partial charge in [0.2, 0.25) is 0 Å². The van der Waals surface area contributed by atoms with Crippen LogP contribution in [0.25, 0.3) is 0 Å². The van der Waals surface area contributed by atoms with E-state index in [2.05, 4.69) is 6.92 Å². The molecule has 0 aromatic carbocycles. The second-order valence-electron chi connectivity index (χ2n) is 6.27. The number of likely N-dealkylation sites (N-methyl/N-ethyl adjacent to an activating group) is 1. The van der Waals surface area contributed by atoms with E-state index < -0.39 is 17.5 Å². The maximum Gasteiger partial charge on any atom is 0.356 e. The summed E-state index contributed by atoms with van der Waals surface area (Å²) < 4.78 is 16.4. The van der Waals surface area contributed by atoms with Gasteiger partial charge in [0.1, 0.15) is 6.54 Å². The van der Waals surface area contributed by atoms with Crippen molar-refractivity contribution in [1.82, 2.24) is 0 Å². The number of hydrogen-bond donors (Lipinski definition) is 0. The molecule has 23 heavy (non-hydrogen) atoms. The topological polar surface area (TPSA) is 61.8 Å². The fraction of sp³-hybridized carbons (Fsp3) is 0.875. The second-order valence-corrected chi connectivity index (χ2v) is 6.27. The number of carbonyl (C=O) groups is 2. The summed E-state index contributed by atoms with van der Waals surface area (Å²) in [6, 6.07) is 0. The molecule has 0 bridgehead atoms. The van der Waals surface area contributed by atoms with Gasteiger partial charge in [-0.15, -0.1) is 0 Å². The third-order valence-corrected chi connectivity index (χ3v) is 3.00. The summed E-state index contributed by atoms with van der Waals surface area (Å²) in [7, 11) is 5.67. The van der Waals surface area contributed by atoms with Crippen LogP contribution in [0.4, 0.5) is 0 Å². The van der Waals surface area contributed by atoms with Gasteiger partial charge in [-0.3, -0.25) is 0 Å². The lowest BCUT2D eigenvalue weighted by molar-refractivity contribution is -0.874. The van der Waals surface area contributed by atoms with E-state index in [9.17, 15) is 9.59 Å². The highest BCUT2D eigenvalue weighted by Crippen LogP contribution is 2.21. The van der Waals surface area contributed by atoms with E-state index in [1.165, 1.54) is 0 Å². The van der Waals surface area contributed by atoms with Crippen molar-refractivity contribution in [1.29, 1.82) is 0 Å². The molecule has 0 N–H and O–H groups in total. The summed E-state index contributed by atoms with van der Waals surface area (Å²) >= 11 is 0. The Morgan fingerprint density at radius 1 is 0.913 bits per heavy atom. The molecule has 0 saturated heterocycles. The summed E-state index contributed by atoms with van der Waals surface area (Å²) in [5, 5.41) is 0. The minimum absolute atomic E-state index is 0. The lowest BCUT2D eigenvalue weighted by Gasteiger charge is -2.35. The van der Waals surface area contributed by atoms with Crippen LogP contribution in [-0.2, 0) is 23.8 Å². The number of esters is 2. The normalized spacial score (nSPS) is 11.6. The van der Waals surface area contributed by atoms with Crippen molar-refractivity contribution in [2.24, 2.45) is 0 Å². The molecule has 0 unspecified atom stereocenters. The fourth-order valence-corrected chi connectivity index (χ4v) is 2.14. The summed E-state index contributed by atoms with van der Waals surface area (Å²) in [6.07, 6.45) is 2.80. The number of hydrogen-bond acceptors (Lipinski definition) is 5. The fourth-order valence-electron chi connectivity index (χ4n) is 2.14. The Bertz CT molecular complexity index is 337. The molecule has 0 spiro atoms. The number of halogens is 1. The van der Waals surface area contributed by atoms with Crippen molar-refractivity contribution >= 4 is 11.9 Å². The van der Waals surface area contributed by atoms with Crippen LogP contribution in [0.15, 0.2) is 0 Å². The summed E-state index contributed by atoms with van der Waals surface area (Å²) in [5.74, 6) is -1.34. The highest BCUT2D eigenvalue weighted by molar-refractivity contribution is 6.04. The van der Waals surface area contributed by atoms with Crippen molar-refractivity contribution in [3.63, 3.8) is 0 Å². The number of unbranched alkanes of at least 4 members (excludes halogenated alkanes) is 2. The van der Waals surface area contributed by atoms with Crippen molar-refractivity contribution in [2.45, 2.75) is 45.6 Å². The van der Waals surface area contributed by atoms with Crippen LogP contribution < -0.4 is 24.0 Å². The first-order valence-corrected chi connectivity index (χ1v) is 8.02. The summed E-state index contributed by atoms with van der Waals surface area (Å²) in [6.45, 7) is 6.36. The molecule has 0 aromatic heterocycles. The van der Waals surface area contributed by atoms with Gasteiger partial charge in [-0.05, 0) is 20.3 Å². The van der Waals surface area contributed by atoms with Gasteiger partial charge in [-0.2, -0.15) is 0 Å². The zero-order valence-corrected chi connectivity index (χ0v) is 17.5. The maximum absolute atomic E-state index is 12.5. The molecule has 0 radical (unpaired) electrons. The van der Waals surface area contributed by atoms with E-state index in [0.29, 0.717) is 11.1 Å². The van der Waals surface area contributed by atoms with Crippen molar-refractivity contribution in [3.8, 4) is 0 Å². The predicted octanol–water partition coefficient (Wildman–Crippen LogP) is -1.23. The molecule has 0 amide bonds. The van der Waals surface area contributed by atoms with Crippen molar-refractivity contribution in [3.05, 3.63) is 0 Å². The average molecular weight is 445 g/mol. The lowest BCUT2D eigenvalue weighted by atomic mass is 10.0. The molecule has 0 aliphatic heterocycles. The Morgan fingerprint density at radius 3 is 1.74 bits per heavy atom. The minimum atomic E-state index is -1.70. The van der Waals surface area contributed by atoms with Gasteiger partial charge in [-0.1, -0.05) is 19.8 Å². The van der Waals surface area contributed by atoms with E-state index in [0.717, 1.165) is 19.3 Å². The zero-order valence-electron chi connectivity index (χ0n) is 15.3. The predicted molar refractivity (Wildman–Crippen MR) is 84.4 cm³/mol.